The molecule has 0 radical (unpaired) electrons. The number of aryl methyl sites for hydroxylation is 1. The molecule has 2 aromatic heterocycles. The second kappa shape index (κ2) is 12.2. The number of pyridine rings is 1. The number of carbonyl (C=O) groups is 1. The molecule has 2 amide bonds. The number of benzene rings is 1. The maximum absolute atomic E-state index is 12.2. The van der Waals surface area contributed by atoms with Gasteiger partial charge in [0.05, 0.1) is 13.2 Å². The number of hydrogen-bond acceptors (Lipinski definition) is 8. The van der Waals surface area contributed by atoms with Gasteiger partial charge in [-0.3, -0.25) is 5.32 Å². The first kappa shape index (κ1) is 24.5. The fourth-order valence-electron chi connectivity index (χ4n) is 3.51. The van der Waals surface area contributed by atoms with Crippen molar-refractivity contribution < 1.29 is 19.1 Å². The van der Waals surface area contributed by atoms with Crippen LogP contribution in [0.1, 0.15) is 18.2 Å². The van der Waals surface area contributed by atoms with E-state index in [2.05, 4.69) is 34.4 Å². The van der Waals surface area contributed by atoms with Crippen molar-refractivity contribution in [2.75, 3.05) is 41.8 Å². The van der Waals surface area contributed by atoms with E-state index in [-0.39, 0.29) is 12.2 Å². The summed E-state index contributed by atoms with van der Waals surface area (Å²) in [7, 11) is 0. The molecule has 0 spiro atoms. The Bertz CT molecular complexity index is 1130. The van der Waals surface area contributed by atoms with Gasteiger partial charge in [-0.15, -0.1) is 0 Å². The number of rotatable bonds is 5. The number of nitrogens with one attached hydrogen (secondary N) is 2. The first-order chi connectivity index (χ1) is 16.5. The van der Waals surface area contributed by atoms with E-state index in [4.69, 9.17) is 24.3 Å². The number of ether oxygens (including phenoxy) is 1. The minimum atomic E-state index is -0.346. The van der Waals surface area contributed by atoms with Crippen molar-refractivity contribution in [2.45, 2.75) is 20.3 Å². The summed E-state index contributed by atoms with van der Waals surface area (Å²) in [5, 5.41) is 5.51. The molecule has 1 aliphatic rings. The van der Waals surface area contributed by atoms with E-state index >= 15 is 0 Å². The molecule has 0 atom stereocenters. The normalized spacial score (nSPS) is 12.7. The molecule has 2 N–H and O–H groups in total. The van der Waals surface area contributed by atoms with Gasteiger partial charge in [0.2, 0.25) is 0 Å². The molecule has 3 heterocycles. The van der Waals surface area contributed by atoms with Crippen LogP contribution in [-0.4, -0.2) is 53.4 Å². The quantitative estimate of drug-likeness (QED) is 0.591. The molecule has 10 heteroatoms. The molecular formula is C24H26N6O4. The SMILES string of the molecule is CCc1nc(-c2ccc(NC(=O)Nc3ccccc3)nc2)nc(N2CCOCC2)c1C.O=C=O. The van der Waals surface area contributed by atoms with Gasteiger partial charge in [0.1, 0.15) is 11.6 Å². The highest BCUT2D eigenvalue weighted by Crippen LogP contribution is 2.26. The lowest BCUT2D eigenvalue weighted by Gasteiger charge is -2.29. The van der Waals surface area contributed by atoms with Crippen LogP contribution in [0.5, 0.6) is 0 Å². The van der Waals surface area contributed by atoms with Crippen LogP contribution in [0.15, 0.2) is 48.7 Å². The Morgan fingerprint density at radius 1 is 1.06 bits per heavy atom. The topological polar surface area (TPSA) is 126 Å². The van der Waals surface area contributed by atoms with Gasteiger partial charge < -0.3 is 15.0 Å². The average molecular weight is 463 g/mol. The Morgan fingerprint density at radius 2 is 1.76 bits per heavy atom. The first-order valence-corrected chi connectivity index (χ1v) is 10.8. The van der Waals surface area contributed by atoms with E-state index in [1.165, 1.54) is 0 Å². The van der Waals surface area contributed by atoms with E-state index < -0.39 is 0 Å². The Labute approximate surface area is 197 Å². The third-order valence-corrected chi connectivity index (χ3v) is 5.16. The van der Waals surface area contributed by atoms with Gasteiger partial charge in [-0.2, -0.15) is 9.59 Å². The molecule has 1 aliphatic heterocycles. The molecule has 10 nitrogen and oxygen atoms in total. The molecule has 0 aliphatic carbocycles. The molecule has 176 valence electrons. The highest BCUT2D eigenvalue weighted by Gasteiger charge is 2.19. The molecule has 34 heavy (non-hydrogen) atoms. The maximum Gasteiger partial charge on any atom is 0.373 e. The van der Waals surface area contributed by atoms with E-state index in [1.807, 2.05) is 36.4 Å². The zero-order valence-electron chi connectivity index (χ0n) is 19.1. The Hall–Kier alpha value is -4.14. The van der Waals surface area contributed by atoms with Crippen molar-refractivity contribution in [3.05, 3.63) is 59.9 Å². The fraction of sp³-hybridized carbons (Fsp3) is 0.292. The standard InChI is InChI=1S/C23H26N6O2.CO2/c1-3-19-16(2)22(29-11-13-31-14-12-29)28-21(26-19)17-9-10-20(24-15-17)27-23(30)25-18-7-5-4-6-8-18;2-1-3/h4-10,15H,3,11-14H2,1-2H3,(H2,24,25,27,30);. The number of morpholine rings is 1. The van der Waals surface area contributed by atoms with Crippen LogP contribution in [0.4, 0.5) is 22.1 Å². The van der Waals surface area contributed by atoms with Crippen LogP contribution in [0.3, 0.4) is 0 Å². The molecule has 1 aromatic carbocycles. The van der Waals surface area contributed by atoms with Crippen molar-refractivity contribution in [3.63, 3.8) is 0 Å². The number of anilines is 3. The zero-order chi connectivity index (χ0) is 24.3. The lowest BCUT2D eigenvalue weighted by molar-refractivity contribution is -0.191. The molecule has 0 saturated carbocycles. The summed E-state index contributed by atoms with van der Waals surface area (Å²) in [4.78, 5) is 44.6. The van der Waals surface area contributed by atoms with Crippen LogP contribution < -0.4 is 15.5 Å². The Balaban J connectivity index is 0.00000103. The van der Waals surface area contributed by atoms with Gasteiger partial charge in [-0.1, -0.05) is 25.1 Å². The van der Waals surface area contributed by atoms with Crippen molar-refractivity contribution in [1.29, 1.82) is 0 Å². The molecular weight excluding hydrogens is 436 g/mol. The van der Waals surface area contributed by atoms with Crippen molar-refractivity contribution in [3.8, 4) is 11.4 Å². The summed E-state index contributed by atoms with van der Waals surface area (Å²) in [6.45, 7) is 7.21. The number of urea groups is 1. The number of para-hydroxylation sites is 1. The van der Waals surface area contributed by atoms with Crippen LogP contribution >= 0.6 is 0 Å². The van der Waals surface area contributed by atoms with Crippen molar-refractivity contribution >= 4 is 29.5 Å². The fourth-order valence-corrected chi connectivity index (χ4v) is 3.51. The van der Waals surface area contributed by atoms with Gasteiger partial charge in [0, 0.05) is 41.8 Å². The summed E-state index contributed by atoms with van der Waals surface area (Å²) in [5.74, 6) is 2.04. The van der Waals surface area contributed by atoms with E-state index in [1.54, 1.807) is 12.3 Å². The predicted molar refractivity (Wildman–Crippen MR) is 127 cm³/mol. The van der Waals surface area contributed by atoms with Crippen LogP contribution in [-0.2, 0) is 20.7 Å². The summed E-state index contributed by atoms with van der Waals surface area (Å²) in [6.07, 6.45) is 2.76. The number of nitrogens with zero attached hydrogens (tertiary/aromatic N) is 4. The minimum absolute atomic E-state index is 0.250. The molecule has 0 bridgehead atoms. The van der Waals surface area contributed by atoms with E-state index in [9.17, 15) is 4.79 Å². The minimum Gasteiger partial charge on any atom is -0.378 e. The second-order valence-corrected chi connectivity index (χ2v) is 7.36. The van der Waals surface area contributed by atoms with Crippen LogP contribution in [0.25, 0.3) is 11.4 Å². The molecule has 1 saturated heterocycles. The largest absolute Gasteiger partial charge is 0.378 e. The van der Waals surface area contributed by atoms with E-state index in [0.29, 0.717) is 30.5 Å². The lowest BCUT2D eigenvalue weighted by Crippen LogP contribution is -2.37. The molecule has 0 unspecified atom stereocenters. The third kappa shape index (κ3) is 6.44. The van der Waals surface area contributed by atoms with Gasteiger partial charge >= 0.3 is 12.2 Å². The summed E-state index contributed by atoms with van der Waals surface area (Å²) in [6, 6.07) is 12.5. The van der Waals surface area contributed by atoms with E-state index in [0.717, 1.165) is 42.1 Å². The summed E-state index contributed by atoms with van der Waals surface area (Å²) in [5.41, 5.74) is 3.65. The third-order valence-electron chi connectivity index (χ3n) is 5.16. The predicted octanol–water partition coefficient (Wildman–Crippen LogP) is 3.31. The van der Waals surface area contributed by atoms with Crippen molar-refractivity contribution in [1.82, 2.24) is 15.0 Å². The van der Waals surface area contributed by atoms with Gasteiger partial charge in [-0.05, 0) is 37.6 Å². The first-order valence-electron chi connectivity index (χ1n) is 10.8. The number of amides is 2. The van der Waals surface area contributed by atoms with Gasteiger partial charge in [0.25, 0.3) is 0 Å². The Morgan fingerprint density at radius 3 is 2.38 bits per heavy atom. The average Bonchev–Trinajstić information content (AvgIpc) is 2.86. The Kier molecular flexibility index (Phi) is 8.79. The molecule has 3 aromatic rings. The van der Waals surface area contributed by atoms with Crippen LogP contribution in [0.2, 0.25) is 0 Å². The highest BCUT2D eigenvalue weighted by molar-refractivity contribution is 5.99. The number of carbonyl (C=O) groups excluding carboxylic acids is 3. The monoisotopic (exact) mass is 462 g/mol. The molecule has 4 rings (SSSR count). The highest BCUT2D eigenvalue weighted by atomic mass is 16.5. The summed E-state index contributed by atoms with van der Waals surface area (Å²) < 4.78 is 5.48. The van der Waals surface area contributed by atoms with Crippen LogP contribution in [0, 0.1) is 6.92 Å². The summed E-state index contributed by atoms with van der Waals surface area (Å²) >= 11 is 0. The van der Waals surface area contributed by atoms with Gasteiger partial charge in [0.15, 0.2) is 5.82 Å². The maximum atomic E-state index is 12.2. The lowest BCUT2D eigenvalue weighted by atomic mass is 10.1. The van der Waals surface area contributed by atoms with Crippen molar-refractivity contribution in [2.24, 2.45) is 0 Å². The zero-order valence-corrected chi connectivity index (χ0v) is 19.1. The smallest absolute Gasteiger partial charge is 0.373 e. The number of hydrogen-bond donors (Lipinski definition) is 2. The number of aromatic nitrogens is 3. The second-order valence-electron chi connectivity index (χ2n) is 7.36. The molecule has 1 fully saturated rings. The van der Waals surface area contributed by atoms with Gasteiger partial charge in [-0.25, -0.2) is 19.7 Å².